The van der Waals surface area contributed by atoms with Crippen LogP contribution in [0.5, 0.6) is 0 Å². The number of hydrogen-bond donors (Lipinski definition) is 1. The first kappa shape index (κ1) is 21.2. The fraction of sp³-hybridized carbons (Fsp3) is 0.190. The summed E-state index contributed by atoms with van der Waals surface area (Å²) in [5.41, 5.74) is 1.11. The van der Waals surface area contributed by atoms with Crippen LogP contribution in [-0.2, 0) is 17.9 Å². The Labute approximate surface area is 178 Å². The lowest BCUT2D eigenvalue weighted by atomic mass is 10.2. The Bertz CT molecular complexity index is 1080. The number of rotatable bonds is 7. The Morgan fingerprint density at radius 2 is 1.90 bits per heavy atom. The Hall–Kier alpha value is -3.52. The van der Waals surface area contributed by atoms with Gasteiger partial charge in [-0.1, -0.05) is 17.7 Å². The van der Waals surface area contributed by atoms with E-state index in [-0.39, 0.29) is 30.2 Å². The number of hydrogen-bond acceptors (Lipinski definition) is 5. The number of carbonyl (C=O) groups is 2. The summed E-state index contributed by atoms with van der Waals surface area (Å²) in [6.07, 6.45) is 3.25. The number of halogens is 1. The van der Waals surface area contributed by atoms with Crippen molar-refractivity contribution in [1.82, 2.24) is 19.7 Å². The molecule has 0 bridgehead atoms. The van der Waals surface area contributed by atoms with Gasteiger partial charge >= 0.3 is 0 Å². The number of benzene rings is 1. The minimum absolute atomic E-state index is 0.0830. The first-order valence-electron chi connectivity index (χ1n) is 9.28. The topological polar surface area (TPSA) is 97.2 Å². The van der Waals surface area contributed by atoms with E-state index in [1.807, 2.05) is 6.07 Å². The minimum Gasteiger partial charge on any atom is -0.325 e. The van der Waals surface area contributed by atoms with Gasteiger partial charge in [-0.2, -0.15) is 5.10 Å². The van der Waals surface area contributed by atoms with E-state index in [9.17, 15) is 14.4 Å². The fourth-order valence-corrected chi connectivity index (χ4v) is 2.90. The smallest absolute Gasteiger partial charge is 0.275 e. The van der Waals surface area contributed by atoms with Gasteiger partial charge in [0.2, 0.25) is 5.91 Å². The maximum Gasteiger partial charge on any atom is 0.275 e. The van der Waals surface area contributed by atoms with Crippen molar-refractivity contribution in [2.45, 2.75) is 20.0 Å². The van der Waals surface area contributed by atoms with Gasteiger partial charge in [0.25, 0.3) is 11.5 Å². The molecule has 0 fully saturated rings. The van der Waals surface area contributed by atoms with Crippen LogP contribution in [-0.4, -0.2) is 38.0 Å². The maximum atomic E-state index is 13.1. The highest BCUT2D eigenvalue weighted by Crippen LogP contribution is 2.14. The summed E-state index contributed by atoms with van der Waals surface area (Å²) in [6.45, 7) is 2.05. The normalized spacial score (nSPS) is 10.5. The van der Waals surface area contributed by atoms with E-state index >= 15 is 0 Å². The van der Waals surface area contributed by atoms with Gasteiger partial charge in [-0.25, -0.2) is 4.68 Å². The molecular weight excluding hydrogens is 406 g/mol. The molecule has 3 aromatic rings. The molecule has 2 amide bonds. The predicted molar refractivity (Wildman–Crippen MR) is 113 cm³/mol. The van der Waals surface area contributed by atoms with Crippen LogP contribution in [0.25, 0.3) is 0 Å². The molecule has 2 aromatic heterocycles. The average molecular weight is 426 g/mol. The average Bonchev–Trinajstić information content (AvgIpc) is 2.75. The molecule has 8 nitrogen and oxygen atoms in total. The van der Waals surface area contributed by atoms with Crippen LogP contribution in [0.3, 0.4) is 0 Å². The molecule has 1 aromatic carbocycles. The molecule has 0 spiro atoms. The molecule has 0 saturated carbocycles. The summed E-state index contributed by atoms with van der Waals surface area (Å²) in [7, 11) is 0. The molecule has 1 N–H and O–H groups in total. The molecule has 0 aliphatic rings. The number of pyridine rings is 1. The van der Waals surface area contributed by atoms with Gasteiger partial charge < -0.3 is 10.2 Å². The van der Waals surface area contributed by atoms with Gasteiger partial charge in [-0.15, -0.1) is 0 Å². The third-order valence-corrected chi connectivity index (χ3v) is 4.48. The van der Waals surface area contributed by atoms with Gasteiger partial charge in [0.15, 0.2) is 0 Å². The quantitative estimate of drug-likeness (QED) is 0.627. The highest BCUT2D eigenvalue weighted by atomic mass is 35.5. The molecule has 0 radical (unpaired) electrons. The summed E-state index contributed by atoms with van der Waals surface area (Å²) in [5.74, 6) is -0.842. The standard InChI is InChI=1S/C21H20ClN5O3/c1-2-27-20(29)10-9-18(25-27)21(30)26(13-15-4-3-11-23-12-15)14-19(28)24-17-7-5-16(22)6-8-17/h3-12H,2,13-14H2,1H3,(H,24,28). The van der Waals surface area contributed by atoms with Gasteiger partial charge in [0.05, 0.1) is 0 Å². The van der Waals surface area contributed by atoms with Crippen molar-refractivity contribution in [1.29, 1.82) is 0 Å². The second kappa shape index (κ2) is 9.80. The predicted octanol–water partition coefficient (Wildman–Crippen LogP) is 2.59. The Morgan fingerprint density at radius 3 is 2.57 bits per heavy atom. The van der Waals surface area contributed by atoms with Crippen LogP contribution in [0, 0.1) is 0 Å². The third-order valence-electron chi connectivity index (χ3n) is 4.23. The summed E-state index contributed by atoms with van der Waals surface area (Å²) in [6, 6.07) is 12.9. The molecule has 0 aliphatic heterocycles. The van der Waals surface area contributed by atoms with E-state index in [0.717, 1.165) is 5.56 Å². The van der Waals surface area contributed by atoms with Crippen molar-refractivity contribution in [2.75, 3.05) is 11.9 Å². The van der Waals surface area contributed by atoms with Gasteiger partial charge in [-0.05, 0) is 48.9 Å². The first-order valence-corrected chi connectivity index (χ1v) is 9.66. The van der Waals surface area contributed by atoms with Crippen molar-refractivity contribution >= 4 is 29.1 Å². The molecule has 9 heteroatoms. The lowest BCUT2D eigenvalue weighted by Gasteiger charge is -2.22. The van der Waals surface area contributed by atoms with E-state index in [2.05, 4.69) is 15.4 Å². The van der Waals surface area contributed by atoms with E-state index in [1.165, 1.54) is 21.7 Å². The molecule has 0 aliphatic carbocycles. The first-order chi connectivity index (χ1) is 14.5. The van der Waals surface area contributed by atoms with Crippen molar-refractivity contribution in [3.05, 3.63) is 87.6 Å². The molecular formula is C21H20ClN5O3. The van der Waals surface area contributed by atoms with Crippen LogP contribution in [0.4, 0.5) is 5.69 Å². The zero-order valence-electron chi connectivity index (χ0n) is 16.3. The number of nitrogens with one attached hydrogen (secondary N) is 1. The molecule has 3 rings (SSSR count). The Kier molecular flexibility index (Phi) is 6.92. The van der Waals surface area contributed by atoms with Crippen LogP contribution in [0.1, 0.15) is 23.0 Å². The van der Waals surface area contributed by atoms with Gasteiger partial charge in [0, 0.05) is 42.3 Å². The zero-order chi connectivity index (χ0) is 21.5. The minimum atomic E-state index is -0.465. The van der Waals surface area contributed by atoms with E-state index in [4.69, 9.17) is 11.6 Å². The van der Waals surface area contributed by atoms with Crippen LogP contribution in [0.2, 0.25) is 5.02 Å². The maximum absolute atomic E-state index is 13.1. The zero-order valence-corrected chi connectivity index (χ0v) is 17.0. The van der Waals surface area contributed by atoms with Crippen molar-refractivity contribution in [3.63, 3.8) is 0 Å². The van der Waals surface area contributed by atoms with Crippen molar-refractivity contribution in [3.8, 4) is 0 Å². The molecule has 2 heterocycles. The van der Waals surface area contributed by atoms with Crippen molar-refractivity contribution in [2.24, 2.45) is 0 Å². The van der Waals surface area contributed by atoms with Crippen LogP contribution in [0.15, 0.2) is 65.7 Å². The Balaban J connectivity index is 1.82. The van der Waals surface area contributed by atoms with E-state index < -0.39 is 5.91 Å². The Morgan fingerprint density at radius 1 is 1.13 bits per heavy atom. The van der Waals surface area contributed by atoms with Crippen LogP contribution >= 0.6 is 11.6 Å². The fourth-order valence-electron chi connectivity index (χ4n) is 2.77. The third kappa shape index (κ3) is 5.51. The number of anilines is 1. The SMILES string of the molecule is CCn1nc(C(=O)N(CC(=O)Nc2ccc(Cl)cc2)Cc2cccnc2)ccc1=O. The highest BCUT2D eigenvalue weighted by molar-refractivity contribution is 6.30. The molecule has 0 saturated heterocycles. The second-order valence-electron chi connectivity index (χ2n) is 6.45. The van der Waals surface area contributed by atoms with E-state index in [0.29, 0.717) is 17.3 Å². The molecule has 0 atom stereocenters. The molecule has 154 valence electrons. The summed E-state index contributed by atoms with van der Waals surface area (Å²) in [5, 5.41) is 7.40. The van der Waals surface area contributed by atoms with E-state index in [1.54, 1.807) is 49.6 Å². The number of amides is 2. The lowest BCUT2D eigenvalue weighted by molar-refractivity contribution is -0.117. The van der Waals surface area contributed by atoms with Gasteiger partial charge in [0.1, 0.15) is 12.2 Å². The number of aromatic nitrogens is 3. The monoisotopic (exact) mass is 425 g/mol. The number of carbonyl (C=O) groups excluding carboxylic acids is 2. The molecule has 30 heavy (non-hydrogen) atoms. The summed E-state index contributed by atoms with van der Waals surface area (Å²) >= 11 is 5.87. The van der Waals surface area contributed by atoms with Crippen molar-refractivity contribution < 1.29 is 9.59 Å². The number of nitrogens with zero attached hydrogens (tertiary/aromatic N) is 4. The lowest BCUT2D eigenvalue weighted by Crippen LogP contribution is -2.39. The van der Waals surface area contributed by atoms with Crippen LogP contribution < -0.4 is 10.9 Å². The largest absolute Gasteiger partial charge is 0.325 e. The second-order valence-corrected chi connectivity index (χ2v) is 6.89. The highest BCUT2D eigenvalue weighted by Gasteiger charge is 2.21. The number of aryl methyl sites for hydroxylation is 1. The summed E-state index contributed by atoms with van der Waals surface area (Å²) in [4.78, 5) is 42.9. The van der Waals surface area contributed by atoms with Gasteiger partial charge in [-0.3, -0.25) is 19.4 Å². The molecule has 0 unspecified atom stereocenters. The summed E-state index contributed by atoms with van der Waals surface area (Å²) < 4.78 is 1.20.